The normalized spacial score (nSPS) is 12.2. The van der Waals surface area contributed by atoms with E-state index in [1.165, 1.54) is 11.3 Å². The number of nitrogens with one attached hydrogen (secondary N) is 1. The number of thiophene rings is 1. The van der Waals surface area contributed by atoms with Gasteiger partial charge in [0.25, 0.3) is 5.91 Å². The summed E-state index contributed by atoms with van der Waals surface area (Å²) >= 11 is 7.59. The standard InChI is InChI=1S/C23H24ClN5O2S/c1-14(16-4-2-3-5-17(16)24)31-19-10-20(32-22(19)23(26)30)18-12-28-21-7-6-15(13-29(18)21)11-27-9-8-25/h2-7,10,12-14,27H,8-9,11,25H2,1H3,(H2,26,30)/t14-/m1/s1. The van der Waals surface area contributed by atoms with Crippen molar-refractivity contribution < 1.29 is 9.53 Å². The van der Waals surface area contributed by atoms with E-state index in [0.29, 0.717) is 28.7 Å². The molecule has 0 unspecified atom stereocenters. The Bertz CT molecular complexity index is 1250. The molecule has 32 heavy (non-hydrogen) atoms. The minimum atomic E-state index is -0.539. The second-order valence-electron chi connectivity index (χ2n) is 7.32. The first-order valence-electron chi connectivity index (χ1n) is 10.2. The predicted octanol–water partition coefficient (Wildman–Crippen LogP) is 4.00. The Labute approximate surface area is 195 Å². The summed E-state index contributed by atoms with van der Waals surface area (Å²) in [7, 11) is 0. The Balaban J connectivity index is 1.67. The molecular weight excluding hydrogens is 446 g/mol. The highest BCUT2D eigenvalue weighted by atomic mass is 35.5. The monoisotopic (exact) mass is 469 g/mol. The fourth-order valence-electron chi connectivity index (χ4n) is 3.46. The topological polar surface area (TPSA) is 108 Å². The molecule has 9 heteroatoms. The third kappa shape index (κ3) is 4.63. The average Bonchev–Trinajstić information content (AvgIpc) is 3.38. The number of ether oxygens (including phenoxy) is 1. The summed E-state index contributed by atoms with van der Waals surface area (Å²) in [5.41, 5.74) is 14.8. The van der Waals surface area contributed by atoms with Crippen molar-refractivity contribution in [3.63, 3.8) is 0 Å². The van der Waals surface area contributed by atoms with Crippen LogP contribution in [-0.2, 0) is 6.54 Å². The van der Waals surface area contributed by atoms with E-state index in [1.54, 1.807) is 6.20 Å². The first-order chi connectivity index (χ1) is 15.5. The van der Waals surface area contributed by atoms with Crippen LogP contribution in [0.4, 0.5) is 0 Å². The van der Waals surface area contributed by atoms with Crippen LogP contribution in [0.1, 0.15) is 33.8 Å². The van der Waals surface area contributed by atoms with Crippen molar-refractivity contribution in [2.45, 2.75) is 19.6 Å². The summed E-state index contributed by atoms with van der Waals surface area (Å²) in [6.07, 6.45) is 3.45. The maximum absolute atomic E-state index is 12.1. The van der Waals surface area contributed by atoms with E-state index in [-0.39, 0.29) is 6.10 Å². The van der Waals surface area contributed by atoms with Crippen LogP contribution in [0.2, 0.25) is 5.02 Å². The Kier molecular flexibility index (Phi) is 6.76. The number of benzene rings is 1. The molecule has 0 saturated heterocycles. The number of amides is 1. The van der Waals surface area contributed by atoms with E-state index in [4.69, 9.17) is 27.8 Å². The highest BCUT2D eigenvalue weighted by Gasteiger charge is 2.21. The number of primary amides is 1. The Morgan fingerprint density at radius 1 is 1.31 bits per heavy atom. The van der Waals surface area contributed by atoms with Crippen LogP contribution in [0.15, 0.2) is 54.9 Å². The Morgan fingerprint density at radius 2 is 2.12 bits per heavy atom. The molecule has 3 heterocycles. The number of hydrogen-bond donors (Lipinski definition) is 3. The molecule has 0 radical (unpaired) electrons. The number of carbonyl (C=O) groups is 1. The average molecular weight is 470 g/mol. The van der Waals surface area contributed by atoms with Crippen LogP contribution in [0, 0.1) is 0 Å². The van der Waals surface area contributed by atoms with Gasteiger partial charge in [-0.1, -0.05) is 35.9 Å². The van der Waals surface area contributed by atoms with Gasteiger partial charge in [0.2, 0.25) is 0 Å². The number of hydrogen-bond acceptors (Lipinski definition) is 6. The number of halogens is 1. The van der Waals surface area contributed by atoms with Gasteiger partial charge in [-0.15, -0.1) is 11.3 Å². The van der Waals surface area contributed by atoms with E-state index >= 15 is 0 Å². The lowest BCUT2D eigenvalue weighted by molar-refractivity contribution is 0.0998. The maximum Gasteiger partial charge on any atom is 0.262 e. The summed E-state index contributed by atoms with van der Waals surface area (Å²) in [5, 5.41) is 3.89. The largest absolute Gasteiger partial charge is 0.484 e. The summed E-state index contributed by atoms with van der Waals surface area (Å²) < 4.78 is 8.12. The first kappa shape index (κ1) is 22.3. The van der Waals surface area contributed by atoms with Crippen LogP contribution in [0.5, 0.6) is 5.75 Å². The molecule has 0 aliphatic heterocycles. The molecule has 1 amide bonds. The molecule has 166 valence electrons. The van der Waals surface area contributed by atoms with Crippen molar-refractivity contribution in [2.75, 3.05) is 13.1 Å². The molecule has 4 rings (SSSR count). The van der Waals surface area contributed by atoms with Crippen LogP contribution < -0.4 is 21.5 Å². The molecule has 0 bridgehead atoms. The van der Waals surface area contributed by atoms with Crippen LogP contribution >= 0.6 is 22.9 Å². The fourth-order valence-corrected chi connectivity index (χ4v) is 4.70. The summed E-state index contributed by atoms with van der Waals surface area (Å²) in [4.78, 5) is 17.8. The molecule has 3 aromatic heterocycles. The fraction of sp³-hybridized carbons (Fsp3) is 0.217. The van der Waals surface area contributed by atoms with Crippen LogP contribution in [-0.4, -0.2) is 28.4 Å². The maximum atomic E-state index is 12.1. The molecule has 7 nitrogen and oxygen atoms in total. The Hall–Kier alpha value is -2.91. The van der Waals surface area contributed by atoms with E-state index in [1.807, 2.05) is 60.0 Å². The molecule has 0 fully saturated rings. The van der Waals surface area contributed by atoms with Crippen LogP contribution in [0.3, 0.4) is 0 Å². The van der Waals surface area contributed by atoms with Gasteiger partial charge in [0, 0.05) is 42.5 Å². The van der Waals surface area contributed by atoms with E-state index < -0.39 is 5.91 Å². The third-order valence-corrected chi connectivity index (χ3v) is 6.54. The van der Waals surface area contributed by atoms with E-state index in [2.05, 4.69) is 10.3 Å². The van der Waals surface area contributed by atoms with Gasteiger partial charge in [-0.3, -0.25) is 9.20 Å². The van der Waals surface area contributed by atoms with Crippen molar-refractivity contribution in [3.8, 4) is 16.3 Å². The highest BCUT2D eigenvalue weighted by molar-refractivity contribution is 7.17. The second kappa shape index (κ2) is 9.70. The number of rotatable bonds is 9. The third-order valence-electron chi connectivity index (χ3n) is 5.04. The first-order valence-corrected chi connectivity index (χ1v) is 11.4. The highest BCUT2D eigenvalue weighted by Crippen LogP contribution is 2.39. The zero-order valence-corrected chi connectivity index (χ0v) is 19.1. The smallest absolute Gasteiger partial charge is 0.262 e. The van der Waals surface area contributed by atoms with Gasteiger partial charge in [0.15, 0.2) is 0 Å². The number of aromatic nitrogens is 2. The van der Waals surface area contributed by atoms with E-state index in [9.17, 15) is 4.79 Å². The van der Waals surface area contributed by atoms with Crippen molar-refractivity contribution >= 4 is 34.5 Å². The van der Waals surface area contributed by atoms with Crippen molar-refractivity contribution in [3.05, 3.63) is 75.9 Å². The quantitative estimate of drug-likeness (QED) is 0.321. The van der Waals surface area contributed by atoms with Gasteiger partial charge >= 0.3 is 0 Å². The van der Waals surface area contributed by atoms with Gasteiger partial charge in [0.1, 0.15) is 22.4 Å². The van der Waals surface area contributed by atoms with E-state index in [0.717, 1.165) is 33.9 Å². The minimum Gasteiger partial charge on any atom is -0.484 e. The molecule has 4 aromatic rings. The molecule has 0 spiro atoms. The number of nitrogens with zero attached hydrogens (tertiary/aromatic N) is 2. The predicted molar refractivity (Wildman–Crippen MR) is 128 cm³/mol. The number of nitrogens with two attached hydrogens (primary N) is 2. The van der Waals surface area contributed by atoms with Gasteiger partial charge in [0.05, 0.1) is 16.8 Å². The van der Waals surface area contributed by atoms with Crippen LogP contribution in [0.25, 0.3) is 16.2 Å². The van der Waals surface area contributed by atoms with Gasteiger partial charge in [-0.25, -0.2) is 4.98 Å². The molecule has 0 aliphatic rings. The number of carbonyl (C=O) groups excluding carboxylic acids is 1. The molecule has 0 saturated carbocycles. The molecule has 1 aromatic carbocycles. The summed E-state index contributed by atoms with van der Waals surface area (Å²) in [6.45, 7) is 3.91. The van der Waals surface area contributed by atoms with Gasteiger partial charge in [-0.05, 0) is 24.6 Å². The molecular formula is C23H24ClN5O2S. The van der Waals surface area contributed by atoms with Crippen molar-refractivity contribution in [1.82, 2.24) is 14.7 Å². The Morgan fingerprint density at radius 3 is 2.88 bits per heavy atom. The zero-order chi connectivity index (χ0) is 22.7. The zero-order valence-electron chi connectivity index (χ0n) is 17.5. The summed E-state index contributed by atoms with van der Waals surface area (Å²) in [6, 6.07) is 13.3. The molecule has 1 atom stereocenters. The molecule has 0 aliphatic carbocycles. The number of pyridine rings is 1. The van der Waals surface area contributed by atoms with Crippen molar-refractivity contribution in [2.24, 2.45) is 11.5 Å². The SMILES string of the molecule is C[C@@H](Oc1cc(-c2cnc3ccc(CNCCN)cn23)sc1C(N)=O)c1ccccc1Cl. The molecule has 5 N–H and O–H groups in total. The lowest BCUT2D eigenvalue weighted by atomic mass is 10.1. The summed E-state index contributed by atoms with van der Waals surface area (Å²) in [5.74, 6) is -0.108. The van der Waals surface area contributed by atoms with Gasteiger partial charge < -0.3 is 21.5 Å². The number of imidazole rings is 1. The second-order valence-corrected chi connectivity index (χ2v) is 8.78. The lowest BCUT2D eigenvalue weighted by Crippen LogP contribution is -2.21. The number of fused-ring (bicyclic) bond motifs is 1. The minimum absolute atomic E-state index is 0.355. The van der Waals surface area contributed by atoms with Gasteiger partial charge in [-0.2, -0.15) is 0 Å². The lowest BCUT2D eigenvalue weighted by Gasteiger charge is -2.16. The van der Waals surface area contributed by atoms with Crippen molar-refractivity contribution in [1.29, 1.82) is 0 Å².